The zero-order valence-electron chi connectivity index (χ0n) is 16.2. The van der Waals surface area contributed by atoms with Gasteiger partial charge in [0.1, 0.15) is 0 Å². The van der Waals surface area contributed by atoms with Gasteiger partial charge in [0.2, 0.25) is 0 Å². The summed E-state index contributed by atoms with van der Waals surface area (Å²) in [5.41, 5.74) is 3.61. The second-order valence-electron chi connectivity index (χ2n) is 6.88. The fraction of sp³-hybridized carbons (Fsp3) is 0.160. The van der Waals surface area contributed by atoms with Gasteiger partial charge in [-0.3, -0.25) is 14.4 Å². The Bertz CT molecular complexity index is 995. The van der Waals surface area contributed by atoms with Crippen molar-refractivity contribution in [2.24, 2.45) is 0 Å². The Morgan fingerprint density at radius 1 is 0.571 bits per heavy atom. The van der Waals surface area contributed by atoms with E-state index in [1.807, 2.05) is 66.7 Å². The van der Waals surface area contributed by atoms with Crippen LogP contribution in [0.3, 0.4) is 0 Å². The van der Waals surface area contributed by atoms with Gasteiger partial charge in [-0.15, -0.1) is 0 Å². The first-order chi connectivity index (χ1) is 13.4. The standard InChI is InChI=1S/C25H22O3/c1-16(26)21-14-15-22(24(18(3)28)23(21)17(2)27)25(19-10-6-4-7-11-19)20-12-8-5-9-13-20/h4-15,25H,1-3H3. The number of carbonyl (C=O) groups is 3. The average molecular weight is 370 g/mol. The quantitative estimate of drug-likeness (QED) is 0.427. The summed E-state index contributed by atoms with van der Waals surface area (Å²) < 4.78 is 0. The minimum atomic E-state index is -0.280. The number of benzene rings is 3. The lowest BCUT2D eigenvalue weighted by Crippen LogP contribution is -2.17. The molecule has 0 spiro atoms. The van der Waals surface area contributed by atoms with Crippen LogP contribution in [0.15, 0.2) is 72.8 Å². The number of rotatable bonds is 6. The topological polar surface area (TPSA) is 51.2 Å². The van der Waals surface area contributed by atoms with Crippen molar-refractivity contribution in [3.05, 3.63) is 106 Å². The minimum Gasteiger partial charge on any atom is -0.294 e. The third-order valence-electron chi connectivity index (χ3n) is 4.90. The van der Waals surface area contributed by atoms with Crippen molar-refractivity contribution >= 4 is 17.3 Å². The van der Waals surface area contributed by atoms with E-state index in [1.165, 1.54) is 20.8 Å². The van der Waals surface area contributed by atoms with Gasteiger partial charge in [-0.25, -0.2) is 0 Å². The summed E-state index contributed by atoms with van der Waals surface area (Å²) in [4.78, 5) is 37.2. The minimum absolute atomic E-state index is 0.217. The lowest BCUT2D eigenvalue weighted by Gasteiger charge is -2.23. The van der Waals surface area contributed by atoms with Gasteiger partial charge in [-0.1, -0.05) is 72.8 Å². The molecule has 0 bridgehead atoms. The molecule has 0 aliphatic rings. The molecular formula is C25H22O3. The van der Waals surface area contributed by atoms with Crippen LogP contribution in [0, 0.1) is 0 Å². The van der Waals surface area contributed by atoms with Gasteiger partial charge in [0.25, 0.3) is 0 Å². The molecule has 0 N–H and O–H groups in total. The Morgan fingerprint density at radius 3 is 1.43 bits per heavy atom. The number of carbonyl (C=O) groups excluding carboxylic acids is 3. The molecule has 140 valence electrons. The highest BCUT2D eigenvalue weighted by Gasteiger charge is 2.27. The van der Waals surface area contributed by atoms with Gasteiger partial charge in [-0.05, 0) is 37.5 Å². The molecule has 28 heavy (non-hydrogen) atoms. The average Bonchev–Trinajstić information content (AvgIpc) is 2.69. The SMILES string of the molecule is CC(=O)c1ccc(C(c2ccccc2)c2ccccc2)c(C(C)=O)c1C(C)=O. The highest BCUT2D eigenvalue weighted by molar-refractivity contribution is 6.15. The lowest BCUT2D eigenvalue weighted by atomic mass is 9.79. The molecule has 3 aromatic rings. The maximum atomic E-state index is 12.7. The molecule has 0 radical (unpaired) electrons. The molecule has 0 saturated heterocycles. The van der Waals surface area contributed by atoms with E-state index in [0.29, 0.717) is 11.1 Å². The van der Waals surface area contributed by atoms with Gasteiger partial charge >= 0.3 is 0 Å². The second-order valence-corrected chi connectivity index (χ2v) is 6.88. The van der Waals surface area contributed by atoms with E-state index >= 15 is 0 Å². The first-order valence-electron chi connectivity index (χ1n) is 9.21. The molecule has 0 heterocycles. The maximum absolute atomic E-state index is 12.7. The number of ketones is 3. The Morgan fingerprint density at radius 2 is 1.04 bits per heavy atom. The van der Waals surface area contributed by atoms with Crippen LogP contribution < -0.4 is 0 Å². The molecule has 0 amide bonds. The fourth-order valence-corrected chi connectivity index (χ4v) is 3.74. The molecule has 3 rings (SSSR count). The van der Waals surface area contributed by atoms with E-state index in [1.54, 1.807) is 6.07 Å². The summed E-state index contributed by atoms with van der Waals surface area (Å²) in [5.74, 6) is -0.951. The largest absolute Gasteiger partial charge is 0.294 e. The second kappa shape index (κ2) is 8.13. The number of hydrogen-bond acceptors (Lipinski definition) is 3. The first-order valence-corrected chi connectivity index (χ1v) is 9.21. The summed E-state index contributed by atoms with van der Waals surface area (Å²) in [5, 5.41) is 0. The Labute approximate surface area is 165 Å². The van der Waals surface area contributed by atoms with Crippen LogP contribution in [0.2, 0.25) is 0 Å². The van der Waals surface area contributed by atoms with Crippen LogP contribution in [-0.4, -0.2) is 17.3 Å². The zero-order chi connectivity index (χ0) is 20.3. The van der Waals surface area contributed by atoms with Crippen LogP contribution in [0.5, 0.6) is 0 Å². The van der Waals surface area contributed by atoms with E-state index in [9.17, 15) is 14.4 Å². The predicted molar refractivity (Wildman–Crippen MR) is 110 cm³/mol. The van der Waals surface area contributed by atoms with Gasteiger partial charge in [-0.2, -0.15) is 0 Å². The highest BCUT2D eigenvalue weighted by Crippen LogP contribution is 2.36. The Balaban J connectivity index is 2.38. The van der Waals surface area contributed by atoms with Crippen molar-refractivity contribution in [3.63, 3.8) is 0 Å². The molecular weight excluding hydrogens is 348 g/mol. The van der Waals surface area contributed by atoms with E-state index in [4.69, 9.17) is 0 Å². The summed E-state index contributed by atoms with van der Waals surface area (Å²) in [6, 6.07) is 23.2. The van der Waals surface area contributed by atoms with Crippen LogP contribution in [0.25, 0.3) is 0 Å². The van der Waals surface area contributed by atoms with Crippen LogP contribution in [-0.2, 0) is 0 Å². The Kier molecular flexibility index (Phi) is 5.65. The van der Waals surface area contributed by atoms with E-state index < -0.39 is 0 Å². The van der Waals surface area contributed by atoms with Gasteiger partial charge in [0.05, 0.1) is 0 Å². The summed E-state index contributed by atoms with van der Waals surface area (Å²) >= 11 is 0. The monoisotopic (exact) mass is 370 g/mol. The van der Waals surface area contributed by atoms with Crippen molar-refractivity contribution in [3.8, 4) is 0 Å². The third kappa shape index (κ3) is 3.70. The predicted octanol–water partition coefficient (Wildman–Crippen LogP) is 5.47. The highest BCUT2D eigenvalue weighted by atomic mass is 16.1. The maximum Gasteiger partial charge on any atom is 0.161 e. The van der Waals surface area contributed by atoms with Crippen molar-refractivity contribution in [2.75, 3.05) is 0 Å². The van der Waals surface area contributed by atoms with Crippen molar-refractivity contribution in [2.45, 2.75) is 26.7 Å². The first kappa shape index (κ1) is 19.4. The van der Waals surface area contributed by atoms with Gasteiger partial charge in [0.15, 0.2) is 17.3 Å². The van der Waals surface area contributed by atoms with E-state index in [-0.39, 0.29) is 28.8 Å². The molecule has 0 aromatic heterocycles. The molecule has 0 saturated carbocycles. The van der Waals surface area contributed by atoms with E-state index in [2.05, 4.69) is 0 Å². The molecule has 3 aromatic carbocycles. The lowest BCUT2D eigenvalue weighted by molar-refractivity contribution is 0.0967. The Hall–Kier alpha value is -3.33. The van der Waals surface area contributed by atoms with Crippen molar-refractivity contribution in [1.29, 1.82) is 0 Å². The van der Waals surface area contributed by atoms with Crippen molar-refractivity contribution < 1.29 is 14.4 Å². The van der Waals surface area contributed by atoms with E-state index in [0.717, 1.165) is 16.7 Å². The summed E-state index contributed by atoms with van der Waals surface area (Å²) in [7, 11) is 0. The molecule has 0 unspecified atom stereocenters. The van der Waals surface area contributed by atoms with Crippen LogP contribution in [0.4, 0.5) is 0 Å². The van der Waals surface area contributed by atoms with Gasteiger partial charge in [0, 0.05) is 22.6 Å². The molecule has 0 aliphatic heterocycles. The summed E-state index contributed by atoms with van der Waals surface area (Å²) in [6.07, 6.45) is 0. The van der Waals surface area contributed by atoms with Crippen LogP contribution in [0.1, 0.15) is 74.5 Å². The van der Waals surface area contributed by atoms with Crippen molar-refractivity contribution in [1.82, 2.24) is 0 Å². The normalized spacial score (nSPS) is 10.7. The number of Topliss-reactive ketones (excluding diaryl/α,β-unsaturated/α-hetero) is 3. The molecule has 0 atom stereocenters. The molecule has 0 aliphatic carbocycles. The molecule has 0 fully saturated rings. The fourth-order valence-electron chi connectivity index (χ4n) is 3.74. The van der Waals surface area contributed by atoms with Crippen LogP contribution >= 0.6 is 0 Å². The smallest absolute Gasteiger partial charge is 0.161 e. The van der Waals surface area contributed by atoms with Gasteiger partial charge < -0.3 is 0 Å². The summed E-state index contributed by atoms with van der Waals surface area (Å²) in [6.45, 7) is 4.26. The third-order valence-corrected chi connectivity index (χ3v) is 4.90. The molecule has 3 nitrogen and oxygen atoms in total. The molecule has 3 heteroatoms. The number of hydrogen-bond donors (Lipinski definition) is 0. The zero-order valence-corrected chi connectivity index (χ0v) is 16.2.